The minimum absolute atomic E-state index is 0.00905. The molecule has 2 aromatic carbocycles. The molecule has 0 aliphatic rings. The molecule has 23 heavy (non-hydrogen) atoms. The van der Waals surface area contributed by atoms with E-state index >= 15 is 0 Å². The van der Waals surface area contributed by atoms with Gasteiger partial charge in [0.2, 0.25) is 0 Å². The normalized spacial score (nSPS) is 10.9. The van der Waals surface area contributed by atoms with Crippen molar-refractivity contribution in [2.75, 3.05) is 26.6 Å². The molecule has 1 aromatic heterocycles. The molecule has 0 saturated carbocycles. The van der Waals surface area contributed by atoms with Crippen LogP contribution in [0.1, 0.15) is 0 Å². The van der Waals surface area contributed by atoms with Crippen molar-refractivity contribution in [3.05, 3.63) is 36.4 Å². The molecule has 0 saturated heterocycles. The van der Waals surface area contributed by atoms with Crippen molar-refractivity contribution in [1.29, 1.82) is 0 Å². The van der Waals surface area contributed by atoms with Gasteiger partial charge in [-0.1, -0.05) is 12.1 Å². The van der Waals surface area contributed by atoms with Crippen molar-refractivity contribution in [2.45, 2.75) is 6.54 Å². The molecule has 1 heterocycles. The smallest absolute Gasteiger partial charge is 0.163 e. The summed E-state index contributed by atoms with van der Waals surface area (Å²) < 4.78 is 12.6. The number of imidazole rings is 1. The maximum absolute atomic E-state index is 9.42. The first kappa shape index (κ1) is 15.2. The number of rotatable bonds is 5. The van der Waals surface area contributed by atoms with Gasteiger partial charge in [-0.05, 0) is 12.1 Å². The summed E-state index contributed by atoms with van der Waals surface area (Å²) in [6, 6.07) is 11.2. The van der Waals surface area contributed by atoms with Crippen LogP contribution in [-0.2, 0) is 6.54 Å². The van der Waals surface area contributed by atoms with E-state index < -0.39 is 0 Å². The highest BCUT2D eigenvalue weighted by molar-refractivity contribution is 5.84. The second kappa shape index (κ2) is 6.18. The maximum Gasteiger partial charge on any atom is 0.163 e. The van der Waals surface area contributed by atoms with Crippen LogP contribution in [0.4, 0.5) is 5.69 Å². The van der Waals surface area contributed by atoms with Gasteiger partial charge in [-0.2, -0.15) is 0 Å². The number of nitrogens with zero attached hydrogens (tertiary/aromatic N) is 2. The number of aromatic nitrogens is 2. The molecular formula is C17H19N3O3. The fraction of sp³-hybridized carbons (Fsp3) is 0.235. The monoisotopic (exact) mass is 313 g/mol. The Bertz CT molecular complexity index is 842. The lowest BCUT2D eigenvalue weighted by molar-refractivity contribution is 0.278. The summed E-state index contributed by atoms with van der Waals surface area (Å²) in [7, 11) is 3.18. The van der Waals surface area contributed by atoms with Crippen LogP contribution in [0.15, 0.2) is 36.4 Å². The number of fused-ring (bicyclic) bond motifs is 1. The molecule has 0 amide bonds. The van der Waals surface area contributed by atoms with Gasteiger partial charge in [-0.15, -0.1) is 0 Å². The zero-order valence-electron chi connectivity index (χ0n) is 13.1. The molecule has 6 nitrogen and oxygen atoms in total. The fourth-order valence-electron chi connectivity index (χ4n) is 2.68. The third-order valence-corrected chi connectivity index (χ3v) is 3.72. The number of methoxy groups -OCH3 is 2. The molecule has 3 rings (SSSR count). The zero-order chi connectivity index (χ0) is 16.4. The van der Waals surface area contributed by atoms with Gasteiger partial charge in [0, 0.05) is 29.9 Å². The van der Waals surface area contributed by atoms with Crippen LogP contribution >= 0.6 is 0 Å². The first-order chi connectivity index (χ1) is 11.2. The van der Waals surface area contributed by atoms with Crippen molar-refractivity contribution in [3.63, 3.8) is 0 Å². The summed E-state index contributed by atoms with van der Waals surface area (Å²) in [5.74, 6) is 1.99. The highest BCUT2D eigenvalue weighted by Crippen LogP contribution is 2.34. The number of hydrogen-bond donors (Lipinski definition) is 2. The first-order valence-corrected chi connectivity index (χ1v) is 7.27. The SMILES string of the molecule is COc1cc2nc(-c3cccc(N)c3)n(CCO)c2cc1OC. The van der Waals surface area contributed by atoms with Gasteiger partial charge in [0.05, 0.1) is 31.9 Å². The average molecular weight is 313 g/mol. The molecular weight excluding hydrogens is 294 g/mol. The third kappa shape index (κ3) is 2.68. The van der Waals surface area contributed by atoms with E-state index in [-0.39, 0.29) is 6.61 Å². The van der Waals surface area contributed by atoms with E-state index in [0.717, 1.165) is 22.4 Å². The molecule has 0 radical (unpaired) electrons. The van der Waals surface area contributed by atoms with Crippen molar-refractivity contribution in [1.82, 2.24) is 9.55 Å². The molecule has 3 N–H and O–H groups in total. The molecule has 0 aliphatic carbocycles. The predicted molar refractivity (Wildman–Crippen MR) is 89.8 cm³/mol. The Kier molecular flexibility index (Phi) is 4.08. The topological polar surface area (TPSA) is 82.5 Å². The summed E-state index contributed by atoms with van der Waals surface area (Å²) >= 11 is 0. The van der Waals surface area contributed by atoms with Gasteiger partial charge in [0.15, 0.2) is 11.5 Å². The third-order valence-electron chi connectivity index (χ3n) is 3.72. The fourth-order valence-corrected chi connectivity index (χ4v) is 2.68. The number of hydrogen-bond acceptors (Lipinski definition) is 5. The summed E-state index contributed by atoms with van der Waals surface area (Å²) in [5.41, 5.74) is 9.08. The second-order valence-corrected chi connectivity index (χ2v) is 5.13. The maximum atomic E-state index is 9.42. The Balaban J connectivity index is 2.27. The molecule has 0 atom stereocenters. The van der Waals surface area contributed by atoms with Crippen molar-refractivity contribution < 1.29 is 14.6 Å². The largest absolute Gasteiger partial charge is 0.493 e. The van der Waals surface area contributed by atoms with E-state index in [4.69, 9.17) is 15.2 Å². The van der Waals surface area contributed by atoms with Crippen LogP contribution < -0.4 is 15.2 Å². The van der Waals surface area contributed by atoms with E-state index in [9.17, 15) is 5.11 Å². The van der Waals surface area contributed by atoms with Crippen LogP contribution in [0.3, 0.4) is 0 Å². The Morgan fingerprint density at radius 2 is 1.87 bits per heavy atom. The first-order valence-electron chi connectivity index (χ1n) is 7.27. The Hall–Kier alpha value is -2.73. The van der Waals surface area contributed by atoms with Gasteiger partial charge >= 0.3 is 0 Å². The van der Waals surface area contributed by atoms with Crippen LogP contribution in [0.2, 0.25) is 0 Å². The van der Waals surface area contributed by atoms with Gasteiger partial charge in [0.25, 0.3) is 0 Å². The Morgan fingerprint density at radius 3 is 2.52 bits per heavy atom. The predicted octanol–water partition coefficient (Wildman–Crippen LogP) is 2.29. The summed E-state index contributed by atoms with van der Waals surface area (Å²) in [5, 5.41) is 9.42. The lowest BCUT2D eigenvalue weighted by atomic mass is 10.2. The Morgan fingerprint density at radius 1 is 1.13 bits per heavy atom. The summed E-state index contributed by atoms with van der Waals surface area (Å²) in [6.07, 6.45) is 0. The number of anilines is 1. The summed E-state index contributed by atoms with van der Waals surface area (Å²) in [6.45, 7) is 0.436. The number of nitrogen functional groups attached to an aromatic ring is 1. The lowest BCUT2D eigenvalue weighted by Gasteiger charge is -2.10. The zero-order valence-corrected chi connectivity index (χ0v) is 13.1. The molecule has 120 valence electrons. The standard InChI is InChI=1S/C17H19N3O3/c1-22-15-9-13-14(10-16(15)23-2)20(6-7-21)17(19-13)11-4-3-5-12(18)8-11/h3-5,8-10,21H,6-7,18H2,1-2H3. The quantitative estimate of drug-likeness (QED) is 0.706. The molecule has 0 fully saturated rings. The van der Waals surface area contributed by atoms with Crippen molar-refractivity contribution in [2.24, 2.45) is 0 Å². The van der Waals surface area contributed by atoms with E-state index in [2.05, 4.69) is 4.98 Å². The van der Waals surface area contributed by atoms with Crippen molar-refractivity contribution in [3.8, 4) is 22.9 Å². The van der Waals surface area contributed by atoms with Crippen LogP contribution in [0, 0.1) is 0 Å². The highest BCUT2D eigenvalue weighted by atomic mass is 16.5. The number of aliphatic hydroxyl groups is 1. The van der Waals surface area contributed by atoms with E-state index in [1.54, 1.807) is 14.2 Å². The van der Waals surface area contributed by atoms with E-state index in [1.807, 2.05) is 41.0 Å². The van der Waals surface area contributed by atoms with Crippen LogP contribution in [0.25, 0.3) is 22.4 Å². The number of ether oxygens (including phenoxy) is 2. The molecule has 0 unspecified atom stereocenters. The second-order valence-electron chi connectivity index (χ2n) is 5.13. The Labute approximate surface area is 134 Å². The molecule has 6 heteroatoms. The van der Waals surface area contributed by atoms with Crippen molar-refractivity contribution >= 4 is 16.7 Å². The van der Waals surface area contributed by atoms with Crippen LogP contribution in [0.5, 0.6) is 11.5 Å². The van der Waals surface area contributed by atoms with Crippen LogP contribution in [-0.4, -0.2) is 35.5 Å². The molecule has 3 aromatic rings. The highest BCUT2D eigenvalue weighted by Gasteiger charge is 2.16. The molecule has 0 bridgehead atoms. The number of aliphatic hydroxyl groups excluding tert-OH is 1. The van der Waals surface area contributed by atoms with E-state index in [0.29, 0.717) is 23.7 Å². The van der Waals surface area contributed by atoms with E-state index in [1.165, 1.54) is 0 Å². The molecule has 0 spiro atoms. The summed E-state index contributed by atoms with van der Waals surface area (Å²) in [4.78, 5) is 4.69. The number of nitrogens with two attached hydrogens (primary N) is 1. The van der Waals surface area contributed by atoms with Gasteiger partial charge < -0.3 is 24.9 Å². The van der Waals surface area contributed by atoms with Gasteiger partial charge in [0.1, 0.15) is 5.82 Å². The molecule has 0 aliphatic heterocycles. The van der Waals surface area contributed by atoms with Gasteiger partial charge in [-0.25, -0.2) is 4.98 Å². The minimum Gasteiger partial charge on any atom is -0.493 e. The lowest BCUT2D eigenvalue weighted by Crippen LogP contribution is -2.04. The minimum atomic E-state index is 0.00905. The number of benzene rings is 2. The van der Waals surface area contributed by atoms with Gasteiger partial charge in [-0.3, -0.25) is 0 Å². The average Bonchev–Trinajstić information content (AvgIpc) is 2.91.